The molecule has 0 radical (unpaired) electrons. The lowest BCUT2D eigenvalue weighted by Crippen LogP contribution is -2.17. The van der Waals surface area contributed by atoms with Crippen LogP contribution in [0.3, 0.4) is 0 Å². The molecule has 16 heavy (non-hydrogen) atoms. The predicted molar refractivity (Wildman–Crippen MR) is 62.3 cm³/mol. The number of nitriles is 1. The van der Waals surface area contributed by atoms with E-state index in [4.69, 9.17) is 5.26 Å². The maximum Gasteiger partial charge on any atom is 0.145 e. The number of hydrogen-bond acceptors (Lipinski definition) is 2. The van der Waals surface area contributed by atoms with Crippen molar-refractivity contribution in [3.63, 3.8) is 0 Å². The van der Waals surface area contributed by atoms with Crippen LogP contribution >= 0.6 is 0 Å². The number of nitrogens with zero attached hydrogens (tertiary/aromatic N) is 1. The Balaban J connectivity index is 2.52. The SMILES string of the molecule is CC(C)CCNCc1cccc(C#N)c1F. The first-order valence-electron chi connectivity index (χ1n) is 5.53. The Morgan fingerprint density at radius 1 is 1.44 bits per heavy atom. The average Bonchev–Trinajstić information content (AvgIpc) is 2.26. The van der Waals surface area contributed by atoms with E-state index in [-0.39, 0.29) is 5.56 Å². The summed E-state index contributed by atoms with van der Waals surface area (Å²) in [5.74, 6) is 0.241. The van der Waals surface area contributed by atoms with E-state index in [1.54, 1.807) is 12.1 Å². The zero-order valence-corrected chi connectivity index (χ0v) is 9.76. The van der Waals surface area contributed by atoms with Gasteiger partial charge in [-0.15, -0.1) is 0 Å². The maximum absolute atomic E-state index is 13.6. The summed E-state index contributed by atoms with van der Waals surface area (Å²) in [5, 5.41) is 11.9. The van der Waals surface area contributed by atoms with Gasteiger partial charge < -0.3 is 5.32 Å². The fourth-order valence-corrected chi connectivity index (χ4v) is 1.42. The molecule has 2 nitrogen and oxygen atoms in total. The van der Waals surface area contributed by atoms with Crippen LogP contribution in [0.5, 0.6) is 0 Å². The van der Waals surface area contributed by atoms with Gasteiger partial charge in [-0.05, 0) is 24.9 Å². The minimum absolute atomic E-state index is 0.114. The van der Waals surface area contributed by atoms with Crippen molar-refractivity contribution in [2.75, 3.05) is 6.54 Å². The van der Waals surface area contributed by atoms with Crippen molar-refractivity contribution in [1.82, 2.24) is 5.32 Å². The molecule has 1 aromatic rings. The number of hydrogen-bond donors (Lipinski definition) is 1. The average molecular weight is 220 g/mol. The van der Waals surface area contributed by atoms with Crippen molar-refractivity contribution < 1.29 is 4.39 Å². The Morgan fingerprint density at radius 2 is 2.19 bits per heavy atom. The third kappa shape index (κ3) is 3.63. The summed E-state index contributed by atoms with van der Waals surface area (Å²) in [7, 11) is 0. The minimum Gasteiger partial charge on any atom is -0.313 e. The Morgan fingerprint density at radius 3 is 2.81 bits per heavy atom. The van der Waals surface area contributed by atoms with Gasteiger partial charge in [-0.25, -0.2) is 4.39 Å². The first-order valence-corrected chi connectivity index (χ1v) is 5.53. The predicted octanol–water partition coefficient (Wildman–Crippen LogP) is 2.83. The number of benzene rings is 1. The molecule has 0 aliphatic carbocycles. The highest BCUT2D eigenvalue weighted by Gasteiger charge is 2.06. The molecule has 0 saturated carbocycles. The van der Waals surface area contributed by atoms with Crippen molar-refractivity contribution in [1.29, 1.82) is 5.26 Å². The van der Waals surface area contributed by atoms with Crippen LogP contribution in [0.4, 0.5) is 4.39 Å². The van der Waals surface area contributed by atoms with Crippen molar-refractivity contribution in [2.45, 2.75) is 26.8 Å². The molecule has 0 aliphatic heterocycles. The smallest absolute Gasteiger partial charge is 0.145 e. The van der Waals surface area contributed by atoms with E-state index in [2.05, 4.69) is 19.2 Å². The van der Waals surface area contributed by atoms with Crippen LogP contribution in [0.15, 0.2) is 18.2 Å². The van der Waals surface area contributed by atoms with E-state index in [0.29, 0.717) is 18.0 Å². The molecule has 0 unspecified atom stereocenters. The molecule has 0 spiro atoms. The van der Waals surface area contributed by atoms with Crippen LogP contribution in [0.2, 0.25) is 0 Å². The van der Waals surface area contributed by atoms with Gasteiger partial charge in [-0.3, -0.25) is 0 Å². The molecule has 86 valence electrons. The summed E-state index contributed by atoms with van der Waals surface area (Å²) < 4.78 is 13.6. The fourth-order valence-electron chi connectivity index (χ4n) is 1.42. The van der Waals surface area contributed by atoms with Crippen molar-refractivity contribution >= 4 is 0 Å². The summed E-state index contributed by atoms with van der Waals surface area (Å²) in [6.45, 7) is 5.65. The Labute approximate surface area is 96.1 Å². The van der Waals surface area contributed by atoms with Gasteiger partial charge in [0.1, 0.15) is 11.9 Å². The van der Waals surface area contributed by atoms with E-state index < -0.39 is 5.82 Å². The summed E-state index contributed by atoms with van der Waals surface area (Å²) in [4.78, 5) is 0. The highest BCUT2D eigenvalue weighted by Crippen LogP contribution is 2.11. The molecule has 0 saturated heterocycles. The van der Waals surface area contributed by atoms with Gasteiger partial charge in [0.15, 0.2) is 0 Å². The number of nitrogens with one attached hydrogen (secondary N) is 1. The second-order valence-corrected chi connectivity index (χ2v) is 4.25. The monoisotopic (exact) mass is 220 g/mol. The van der Waals surface area contributed by atoms with Gasteiger partial charge >= 0.3 is 0 Å². The topological polar surface area (TPSA) is 35.8 Å². The zero-order chi connectivity index (χ0) is 12.0. The third-order valence-corrected chi connectivity index (χ3v) is 2.41. The summed E-state index contributed by atoms with van der Waals surface area (Å²) in [6, 6.07) is 6.75. The zero-order valence-electron chi connectivity index (χ0n) is 9.76. The summed E-state index contributed by atoms with van der Waals surface area (Å²) in [6.07, 6.45) is 1.07. The molecule has 1 rings (SSSR count). The molecule has 1 N–H and O–H groups in total. The normalized spacial score (nSPS) is 10.4. The number of halogens is 1. The van der Waals surface area contributed by atoms with Crippen LogP contribution < -0.4 is 5.32 Å². The van der Waals surface area contributed by atoms with E-state index in [1.807, 2.05) is 6.07 Å². The van der Waals surface area contributed by atoms with Gasteiger partial charge in [-0.1, -0.05) is 26.0 Å². The highest BCUT2D eigenvalue weighted by molar-refractivity contribution is 5.34. The lowest BCUT2D eigenvalue weighted by atomic mass is 10.1. The number of rotatable bonds is 5. The van der Waals surface area contributed by atoms with E-state index in [9.17, 15) is 4.39 Å². The van der Waals surface area contributed by atoms with Gasteiger partial charge in [0.05, 0.1) is 5.56 Å². The van der Waals surface area contributed by atoms with Crippen LogP contribution in [0, 0.1) is 23.1 Å². The van der Waals surface area contributed by atoms with Crippen molar-refractivity contribution in [2.24, 2.45) is 5.92 Å². The molecule has 0 amide bonds. The van der Waals surface area contributed by atoms with Crippen molar-refractivity contribution in [3.05, 3.63) is 35.1 Å². The molecule has 0 atom stereocenters. The summed E-state index contributed by atoms with van der Waals surface area (Å²) >= 11 is 0. The summed E-state index contributed by atoms with van der Waals surface area (Å²) in [5.41, 5.74) is 0.672. The minimum atomic E-state index is -0.401. The Kier molecular flexibility index (Phi) is 4.94. The molecule has 3 heteroatoms. The Hall–Kier alpha value is -1.40. The van der Waals surface area contributed by atoms with Crippen LogP contribution in [0.25, 0.3) is 0 Å². The largest absolute Gasteiger partial charge is 0.313 e. The first kappa shape index (κ1) is 12.7. The van der Waals surface area contributed by atoms with Crippen LogP contribution in [0.1, 0.15) is 31.4 Å². The fraction of sp³-hybridized carbons (Fsp3) is 0.462. The van der Waals surface area contributed by atoms with Crippen LogP contribution in [-0.4, -0.2) is 6.54 Å². The van der Waals surface area contributed by atoms with E-state index in [1.165, 1.54) is 6.07 Å². The molecule has 1 aromatic carbocycles. The lowest BCUT2D eigenvalue weighted by molar-refractivity contribution is 0.527. The second-order valence-electron chi connectivity index (χ2n) is 4.25. The quantitative estimate of drug-likeness (QED) is 0.774. The van der Waals surface area contributed by atoms with Gasteiger partial charge in [0, 0.05) is 12.1 Å². The van der Waals surface area contributed by atoms with Crippen molar-refractivity contribution in [3.8, 4) is 6.07 Å². The lowest BCUT2D eigenvalue weighted by Gasteiger charge is -2.08. The molecule has 0 heterocycles. The van der Waals surface area contributed by atoms with Gasteiger partial charge in [0.25, 0.3) is 0 Å². The third-order valence-electron chi connectivity index (χ3n) is 2.41. The van der Waals surface area contributed by atoms with E-state index >= 15 is 0 Å². The maximum atomic E-state index is 13.6. The molecular formula is C13H17FN2. The molecule has 0 fully saturated rings. The Bertz CT molecular complexity index is 380. The highest BCUT2D eigenvalue weighted by atomic mass is 19.1. The van der Waals surface area contributed by atoms with Gasteiger partial charge in [0.2, 0.25) is 0 Å². The molecular weight excluding hydrogens is 203 g/mol. The first-order chi connectivity index (χ1) is 7.65. The molecule has 0 aliphatic rings. The second kappa shape index (κ2) is 6.24. The standard InChI is InChI=1S/C13H17FN2/c1-10(2)6-7-16-9-12-5-3-4-11(8-15)13(12)14/h3-5,10,16H,6-7,9H2,1-2H3. The molecule has 0 aromatic heterocycles. The van der Waals surface area contributed by atoms with Gasteiger partial charge in [-0.2, -0.15) is 5.26 Å². The van der Waals surface area contributed by atoms with E-state index in [0.717, 1.165) is 13.0 Å². The van der Waals surface area contributed by atoms with Crippen LogP contribution in [-0.2, 0) is 6.54 Å². The molecule has 0 bridgehead atoms.